The Balaban J connectivity index is 1.59. The molecule has 0 unspecified atom stereocenters. The quantitative estimate of drug-likeness (QED) is 0.501. The van der Waals surface area contributed by atoms with Gasteiger partial charge in [0.2, 0.25) is 10.0 Å². The molecule has 9 nitrogen and oxygen atoms in total. The van der Waals surface area contributed by atoms with E-state index >= 15 is 0 Å². The van der Waals surface area contributed by atoms with Crippen LogP contribution in [-0.4, -0.2) is 55.6 Å². The minimum absolute atomic E-state index is 0.0941. The van der Waals surface area contributed by atoms with Gasteiger partial charge in [0.05, 0.1) is 26.5 Å². The summed E-state index contributed by atoms with van der Waals surface area (Å²) < 4.78 is 44.3. The van der Waals surface area contributed by atoms with Crippen molar-refractivity contribution >= 4 is 38.6 Å². The first-order chi connectivity index (χ1) is 15.2. The monoisotopic (exact) mass is 479 g/mol. The van der Waals surface area contributed by atoms with E-state index < -0.39 is 16.0 Å². The SMILES string of the molecule is CCn1c(COC(=O)c2cc(Cl)c3c(c2)OCCO3)nc2cc(S(=O)(=O)N(C)C)ccc21. The summed E-state index contributed by atoms with van der Waals surface area (Å²) in [5.74, 6) is 0.713. The Hall–Kier alpha value is -2.82. The van der Waals surface area contributed by atoms with Gasteiger partial charge in [0.1, 0.15) is 25.6 Å². The molecule has 11 heteroatoms. The predicted octanol–water partition coefficient (Wildman–Crippen LogP) is 3.09. The molecule has 1 aliphatic heterocycles. The van der Waals surface area contributed by atoms with E-state index in [1.165, 1.54) is 32.3 Å². The molecule has 170 valence electrons. The molecule has 0 amide bonds. The van der Waals surface area contributed by atoms with Gasteiger partial charge in [-0.05, 0) is 37.3 Å². The Morgan fingerprint density at radius 1 is 1.22 bits per heavy atom. The molecule has 0 atom stereocenters. The largest absolute Gasteiger partial charge is 0.486 e. The summed E-state index contributed by atoms with van der Waals surface area (Å²) in [5.41, 5.74) is 1.49. The van der Waals surface area contributed by atoms with Crippen LogP contribution < -0.4 is 9.47 Å². The maximum Gasteiger partial charge on any atom is 0.338 e. The van der Waals surface area contributed by atoms with E-state index in [0.29, 0.717) is 42.6 Å². The smallest absolute Gasteiger partial charge is 0.338 e. The summed E-state index contributed by atoms with van der Waals surface area (Å²) in [5, 5.41) is 0.268. The Morgan fingerprint density at radius 3 is 2.69 bits per heavy atom. The lowest BCUT2D eigenvalue weighted by molar-refractivity contribution is 0.0457. The highest BCUT2D eigenvalue weighted by Gasteiger charge is 2.22. The van der Waals surface area contributed by atoms with E-state index in [1.807, 2.05) is 11.5 Å². The normalized spacial score (nSPS) is 13.5. The molecule has 0 spiro atoms. The van der Waals surface area contributed by atoms with Crippen molar-refractivity contribution in [3.8, 4) is 11.5 Å². The van der Waals surface area contributed by atoms with Crippen molar-refractivity contribution < 1.29 is 27.4 Å². The first kappa shape index (κ1) is 22.4. The number of hydrogen-bond donors (Lipinski definition) is 0. The number of rotatable bonds is 6. The number of aryl methyl sites for hydroxylation is 1. The van der Waals surface area contributed by atoms with Crippen molar-refractivity contribution in [2.24, 2.45) is 0 Å². The van der Waals surface area contributed by atoms with Crippen LogP contribution in [0, 0.1) is 0 Å². The average molecular weight is 480 g/mol. The van der Waals surface area contributed by atoms with Crippen molar-refractivity contribution in [3.63, 3.8) is 0 Å². The third-order valence-corrected chi connectivity index (χ3v) is 7.15. The number of benzene rings is 2. The standard InChI is InChI=1S/C21H22ClN3O6S/c1-4-25-17-6-5-14(32(27,28)24(2)3)11-16(17)23-19(25)12-31-21(26)13-9-15(22)20-18(10-13)29-7-8-30-20/h5-6,9-11H,4,7-8,12H2,1-3H3. The molecule has 0 saturated carbocycles. The van der Waals surface area contributed by atoms with E-state index in [-0.39, 0.29) is 22.1 Å². The number of halogens is 1. The molecule has 1 aromatic heterocycles. The van der Waals surface area contributed by atoms with E-state index in [2.05, 4.69) is 4.98 Å². The van der Waals surface area contributed by atoms with Gasteiger partial charge in [0.15, 0.2) is 11.5 Å². The second-order valence-electron chi connectivity index (χ2n) is 7.27. The number of imidazole rings is 1. The van der Waals surface area contributed by atoms with E-state index in [0.717, 1.165) is 9.82 Å². The van der Waals surface area contributed by atoms with Crippen molar-refractivity contribution in [2.75, 3.05) is 27.3 Å². The lowest BCUT2D eigenvalue weighted by Crippen LogP contribution is -2.22. The van der Waals surface area contributed by atoms with Crippen molar-refractivity contribution in [1.29, 1.82) is 0 Å². The maximum absolute atomic E-state index is 12.6. The molecule has 32 heavy (non-hydrogen) atoms. The third kappa shape index (κ3) is 4.01. The summed E-state index contributed by atoms with van der Waals surface area (Å²) in [6, 6.07) is 7.76. The van der Waals surface area contributed by atoms with Crippen molar-refractivity contribution in [1.82, 2.24) is 13.9 Å². The highest BCUT2D eigenvalue weighted by molar-refractivity contribution is 7.89. The molecule has 2 heterocycles. The fourth-order valence-electron chi connectivity index (χ4n) is 3.44. The summed E-state index contributed by atoms with van der Waals surface area (Å²) >= 11 is 6.20. The fraction of sp³-hybridized carbons (Fsp3) is 0.333. The lowest BCUT2D eigenvalue weighted by atomic mass is 10.2. The number of ether oxygens (including phenoxy) is 3. The Bertz CT molecular complexity index is 1300. The van der Waals surface area contributed by atoms with Gasteiger partial charge in [-0.3, -0.25) is 0 Å². The lowest BCUT2D eigenvalue weighted by Gasteiger charge is -2.20. The maximum atomic E-state index is 12.6. The van der Waals surface area contributed by atoms with Crippen LogP contribution in [-0.2, 0) is 27.9 Å². The van der Waals surface area contributed by atoms with Crippen LogP contribution in [0.1, 0.15) is 23.1 Å². The number of nitrogens with zero attached hydrogens (tertiary/aromatic N) is 3. The second-order valence-corrected chi connectivity index (χ2v) is 9.83. The number of carbonyl (C=O) groups excluding carboxylic acids is 1. The summed E-state index contributed by atoms with van der Waals surface area (Å²) in [7, 11) is -0.645. The van der Waals surface area contributed by atoms with Crippen LogP contribution in [0.3, 0.4) is 0 Å². The van der Waals surface area contributed by atoms with Gasteiger partial charge in [0, 0.05) is 20.6 Å². The third-order valence-electron chi connectivity index (χ3n) is 5.06. The Kier molecular flexibility index (Phi) is 6.02. The minimum Gasteiger partial charge on any atom is -0.486 e. The molecule has 0 aliphatic carbocycles. The molecule has 0 fully saturated rings. The zero-order chi connectivity index (χ0) is 23.0. The topological polar surface area (TPSA) is 100.0 Å². The van der Waals surface area contributed by atoms with Crippen LogP contribution in [0.4, 0.5) is 0 Å². The molecular weight excluding hydrogens is 458 g/mol. The number of esters is 1. The second kappa shape index (κ2) is 8.61. The van der Waals surface area contributed by atoms with E-state index in [9.17, 15) is 13.2 Å². The predicted molar refractivity (Wildman–Crippen MR) is 118 cm³/mol. The molecule has 0 bridgehead atoms. The average Bonchev–Trinajstić information content (AvgIpc) is 3.13. The first-order valence-corrected chi connectivity index (χ1v) is 11.7. The fourth-order valence-corrected chi connectivity index (χ4v) is 4.62. The highest BCUT2D eigenvalue weighted by atomic mass is 35.5. The summed E-state index contributed by atoms with van der Waals surface area (Å²) in [6.07, 6.45) is 0. The molecule has 1 aliphatic rings. The highest BCUT2D eigenvalue weighted by Crippen LogP contribution is 2.38. The van der Waals surface area contributed by atoms with Crippen LogP contribution in [0.2, 0.25) is 5.02 Å². The zero-order valence-corrected chi connectivity index (χ0v) is 19.4. The summed E-state index contributed by atoms with van der Waals surface area (Å²) in [6.45, 7) is 3.16. The molecule has 0 N–H and O–H groups in total. The minimum atomic E-state index is -3.59. The molecule has 2 aromatic carbocycles. The van der Waals surface area contributed by atoms with Crippen LogP contribution in [0.25, 0.3) is 11.0 Å². The van der Waals surface area contributed by atoms with Crippen molar-refractivity contribution in [3.05, 3.63) is 46.7 Å². The van der Waals surface area contributed by atoms with Crippen LogP contribution >= 0.6 is 11.6 Å². The molecule has 0 saturated heterocycles. The zero-order valence-electron chi connectivity index (χ0n) is 17.8. The summed E-state index contributed by atoms with van der Waals surface area (Å²) in [4.78, 5) is 17.3. The molecule has 0 radical (unpaired) electrons. The van der Waals surface area contributed by atoms with E-state index in [4.69, 9.17) is 25.8 Å². The number of fused-ring (bicyclic) bond motifs is 2. The van der Waals surface area contributed by atoms with Crippen LogP contribution in [0.15, 0.2) is 35.2 Å². The van der Waals surface area contributed by atoms with Gasteiger partial charge < -0.3 is 18.8 Å². The van der Waals surface area contributed by atoms with Gasteiger partial charge in [-0.2, -0.15) is 0 Å². The Morgan fingerprint density at radius 2 is 1.97 bits per heavy atom. The van der Waals surface area contributed by atoms with Crippen LogP contribution in [0.5, 0.6) is 11.5 Å². The molecular formula is C21H22ClN3O6S. The van der Waals surface area contributed by atoms with Crippen molar-refractivity contribution in [2.45, 2.75) is 25.0 Å². The van der Waals surface area contributed by atoms with Gasteiger partial charge in [-0.25, -0.2) is 22.5 Å². The van der Waals surface area contributed by atoms with Gasteiger partial charge in [-0.1, -0.05) is 11.6 Å². The molecule has 3 aromatic rings. The van der Waals surface area contributed by atoms with E-state index in [1.54, 1.807) is 12.1 Å². The van der Waals surface area contributed by atoms with Gasteiger partial charge in [0.25, 0.3) is 0 Å². The number of carbonyl (C=O) groups is 1. The molecule has 4 rings (SSSR count). The first-order valence-electron chi connectivity index (χ1n) is 9.90. The van der Waals surface area contributed by atoms with Gasteiger partial charge >= 0.3 is 5.97 Å². The number of hydrogen-bond acceptors (Lipinski definition) is 7. The number of aromatic nitrogens is 2. The number of sulfonamides is 1. The Labute approximate surface area is 190 Å². The van der Waals surface area contributed by atoms with Gasteiger partial charge in [-0.15, -0.1) is 0 Å².